The molecular weight excluding hydrogens is 354 g/mol. The summed E-state index contributed by atoms with van der Waals surface area (Å²) in [5, 5.41) is 7.74. The van der Waals surface area contributed by atoms with E-state index in [0.717, 1.165) is 49.1 Å². The van der Waals surface area contributed by atoms with E-state index in [0.29, 0.717) is 19.1 Å². The molecule has 152 valence electrons. The maximum Gasteiger partial charge on any atom is 0.194 e. The number of aryl methyl sites for hydroxylation is 1. The van der Waals surface area contributed by atoms with Crippen molar-refractivity contribution in [2.45, 2.75) is 32.7 Å². The summed E-state index contributed by atoms with van der Waals surface area (Å²) >= 11 is 0. The second-order valence-corrected chi connectivity index (χ2v) is 6.97. The number of rotatable bonds is 7. The van der Waals surface area contributed by atoms with Crippen molar-refractivity contribution in [1.82, 2.24) is 20.0 Å². The Kier molecular flexibility index (Phi) is 6.79. The van der Waals surface area contributed by atoms with Crippen molar-refractivity contribution in [3.05, 3.63) is 41.7 Å². The number of nitrogens with one attached hydrogen (secondary N) is 1. The molecule has 1 aromatic carbocycles. The van der Waals surface area contributed by atoms with Crippen LogP contribution in [0, 0.1) is 0 Å². The molecule has 1 unspecified atom stereocenters. The molecule has 2 aromatic rings. The Labute approximate surface area is 167 Å². The molecule has 1 fully saturated rings. The first kappa shape index (κ1) is 20.0. The third kappa shape index (κ3) is 4.77. The minimum atomic E-state index is 0.503. The summed E-state index contributed by atoms with van der Waals surface area (Å²) in [6.07, 6.45) is 5.21. The van der Waals surface area contributed by atoms with Gasteiger partial charge < -0.3 is 19.7 Å². The summed E-state index contributed by atoms with van der Waals surface area (Å²) in [6.45, 7) is 8.09. The Bertz CT molecular complexity index is 802. The SMILES string of the molecule is CCNC(=NCc1ccc(OCC)c(OC)c1)N1CCC(c2cnn(C)c2)C1. The number of hydrogen-bond acceptors (Lipinski definition) is 4. The van der Waals surface area contributed by atoms with Gasteiger partial charge in [-0.2, -0.15) is 5.10 Å². The van der Waals surface area contributed by atoms with Crippen molar-refractivity contribution in [2.75, 3.05) is 33.4 Å². The Morgan fingerprint density at radius 1 is 1.32 bits per heavy atom. The summed E-state index contributed by atoms with van der Waals surface area (Å²) < 4.78 is 12.9. The van der Waals surface area contributed by atoms with Gasteiger partial charge in [-0.05, 0) is 43.5 Å². The van der Waals surface area contributed by atoms with Gasteiger partial charge in [0, 0.05) is 38.8 Å². The highest BCUT2D eigenvalue weighted by Gasteiger charge is 2.26. The lowest BCUT2D eigenvalue weighted by Gasteiger charge is -2.21. The van der Waals surface area contributed by atoms with Gasteiger partial charge in [0.15, 0.2) is 17.5 Å². The average molecular weight is 386 g/mol. The molecule has 1 aromatic heterocycles. The van der Waals surface area contributed by atoms with E-state index in [-0.39, 0.29) is 0 Å². The smallest absolute Gasteiger partial charge is 0.194 e. The first-order valence-electron chi connectivity index (χ1n) is 9.96. The van der Waals surface area contributed by atoms with Crippen LogP contribution in [0.1, 0.15) is 37.3 Å². The Morgan fingerprint density at radius 2 is 2.18 bits per heavy atom. The van der Waals surface area contributed by atoms with Gasteiger partial charge in [0.05, 0.1) is 26.5 Å². The normalized spacial score (nSPS) is 17.1. The predicted octanol–water partition coefficient (Wildman–Crippen LogP) is 2.78. The lowest BCUT2D eigenvalue weighted by atomic mass is 10.0. The largest absolute Gasteiger partial charge is 0.493 e. The van der Waals surface area contributed by atoms with Gasteiger partial charge in [-0.25, -0.2) is 4.99 Å². The molecule has 28 heavy (non-hydrogen) atoms. The van der Waals surface area contributed by atoms with Crippen LogP contribution in [0.25, 0.3) is 0 Å². The van der Waals surface area contributed by atoms with Crippen molar-refractivity contribution in [3.63, 3.8) is 0 Å². The number of aliphatic imine (C=N–C) groups is 1. The molecule has 1 N–H and O–H groups in total. The zero-order valence-electron chi connectivity index (χ0n) is 17.3. The third-order valence-corrected chi connectivity index (χ3v) is 4.96. The Hall–Kier alpha value is -2.70. The fraction of sp³-hybridized carbons (Fsp3) is 0.524. The van der Waals surface area contributed by atoms with Crippen LogP contribution in [0.4, 0.5) is 0 Å². The van der Waals surface area contributed by atoms with Crippen LogP contribution >= 0.6 is 0 Å². The highest BCUT2D eigenvalue weighted by molar-refractivity contribution is 5.80. The predicted molar refractivity (Wildman–Crippen MR) is 111 cm³/mol. The molecule has 0 spiro atoms. The zero-order valence-corrected chi connectivity index (χ0v) is 17.3. The van der Waals surface area contributed by atoms with Gasteiger partial charge in [-0.3, -0.25) is 4.68 Å². The summed E-state index contributed by atoms with van der Waals surface area (Å²) in [7, 11) is 3.63. The minimum Gasteiger partial charge on any atom is -0.493 e. The topological polar surface area (TPSA) is 63.9 Å². The maximum atomic E-state index is 5.60. The first-order chi connectivity index (χ1) is 13.6. The minimum absolute atomic E-state index is 0.503. The standard InChI is InChI=1S/C21H31N5O2/c1-5-22-21(26-10-9-17(15-26)18-13-24-25(3)14-18)23-12-16-7-8-19(28-6-2)20(11-16)27-4/h7-8,11,13-14,17H,5-6,9-10,12,15H2,1-4H3,(H,22,23). The van der Waals surface area contributed by atoms with Crippen molar-refractivity contribution in [3.8, 4) is 11.5 Å². The molecule has 0 aliphatic carbocycles. The molecule has 7 nitrogen and oxygen atoms in total. The quantitative estimate of drug-likeness (QED) is 0.587. The molecule has 0 saturated carbocycles. The van der Waals surface area contributed by atoms with Crippen LogP contribution in [0.5, 0.6) is 11.5 Å². The van der Waals surface area contributed by atoms with E-state index in [1.807, 2.05) is 43.0 Å². The van der Waals surface area contributed by atoms with Crippen LogP contribution in [0.3, 0.4) is 0 Å². The van der Waals surface area contributed by atoms with Gasteiger partial charge in [-0.1, -0.05) is 6.07 Å². The van der Waals surface area contributed by atoms with Crippen LogP contribution in [-0.2, 0) is 13.6 Å². The molecule has 1 saturated heterocycles. The van der Waals surface area contributed by atoms with Gasteiger partial charge in [0.25, 0.3) is 0 Å². The van der Waals surface area contributed by atoms with Crippen LogP contribution in [-0.4, -0.2) is 54.0 Å². The van der Waals surface area contributed by atoms with Crippen LogP contribution in [0.15, 0.2) is 35.6 Å². The molecule has 0 bridgehead atoms. The van der Waals surface area contributed by atoms with Gasteiger partial charge in [0.2, 0.25) is 0 Å². The lowest BCUT2D eigenvalue weighted by molar-refractivity contribution is 0.310. The monoisotopic (exact) mass is 385 g/mol. The molecule has 1 aliphatic heterocycles. The second-order valence-electron chi connectivity index (χ2n) is 6.97. The average Bonchev–Trinajstić information content (AvgIpc) is 3.35. The van der Waals surface area contributed by atoms with E-state index in [1.165, 1.54) is 5.56 Å². The molecule has 0 amide bonds. The maximum absolute atomic E-state index is 5.60. The highest BCUT2D eigenvalue weighted by atomic mass is 16.5. The summed E-state index contributed by atoms with van der Waals surface area (Å²) in [6, 6.07) is 6.00. The highest BCUT2D eigenvalue weighted by Crippen LogP contribution is 2.29. The number of aromatic nitrogens is 2. The number of benzene rings is 1. The molecular formula is C21H31N5O2. The Balaban J connectivity index is 1.69. The molecule has 1 atom stereocenters. The van der Waals surface area contributed by atoms with E-state index < -0.39 is 0 Å². The summed E-state index contributed by atoms with van der Waals surface area (Å²) in [5.74, 6) is 2.98. The van der Waals surface area contributed by atoms with Gasteiger partial charge in [-0.15, -0.1) is 0 Å². The number of guanidine groups is 1. The molecule has 7 heteroatoms. The number of nitrogens with zero attached hydrogens (tertiary/aromatic N) is 4. The van der Waals surface area contributed by atoms with Crippen molar-refractivity contribution in [1.29, 1.82) is 0 Å². The summed E-state index contributed by atoms with van der Waals surface area (Å²) in [4.78, 5) is 7.20. The van der Waals surface area contributed by atoms with E-state index in [2.05, 4.69) is 28.4 Å². The van der Waals surface area contributed by atoms with Crippen LogP contribution in [0.2, 0.25) is 0 Å². The molecule has 3 rings (SSSR count). The van der Waals surface area contributed by atoms with E-state index in [1.54, 1.807) is 7.11 Å². The molecule has 0 radical (unpaired) electrons. The van der Waals surface area contributed by atoms with Crippen molar-refractivity contribution >= 4 is 5.96 Å². The number of likely N-dealkylation sites (tertiary alicyclic amines) is 1. The van der Waals surface area contributed by atoms with Crippen molar-refractivity contribution < 1.29 is 9.47 Å². The van der Waals surface area contributed by atoms with Gasteiger partial charge in [0.1, 0.15) is 0 Å². The zero-order chi connectivity index (χ0) is 19.9. The number of ether oxygens (including phenoxy) is 2. The van der Waals surface area contributed by atoms with E-state index in [4.69, 9.17) is 14.5 Å². The van der Waals surface area contributed by atoms with Gasteiger partial charge >= 0.3 is 0 Å². The lowest BCUT2D eigenvalue weighted by Crippen LogP contribution is -2.40. The number of methoxy groups -OCH3 is 1. The van der Waals surface area contributed by atoms with E-state index in [9.17, 15) is 0 Å². The van der Waals surface area contributed by atoms with E-state index >= 15 is 0 Å². The molecule has 2 heterocycles. The fourth-order valence-corrected chi connectivity index (χ4v) is 3.55. The fourth-order valence-electron chi connectivity index (χ4n) is 3.55. The van der Waals surface area contributed by atoms with Crippen LogP contribution < -0.4 is 14.8 Å². The number of hydrogen-bond donors (Lipinski definition) is 1. The second kappa shape index (κ2) is 9.48. The Morgan fingerprint density at radius 3 is 2.86 bits per heavy atom. The third-order valence-electron chi connectivity index (χ3n) is 4.96. The van der Waals surface area contributed by atoms with Crippen molar-refractivity contribution in [2.24, 2.45) is 12.0 Å². The first-order valence-corrected chi connectivity index (χ1v) is 9.96. The summed E-state index contributed by atoms with van der Waals surface area (Å²) in [5.41, 5.74) is 2.40. The molecule has 1 aliphatic rings.